The maximum atomic E-state index is 10.6. The monoisotopic (exact) mass is 178 g/mol. The van der Waals surface area contributed by atoms with Crippen LogP contribution < -0.4 is 5.73 Å². The minimum Gasteiger partial charge on any atom is -0.397 e. The fourth-order valence-corrected chi connectivity index (χ4v) is 0.894. The molecule has 0 amide bonds. The molecule has 4 heteroatoms. The third-order valence-electron chi connectivity index (χ3n) is 1.61. The number of aromatic nitrogens is 1. The number of ketones is 1. The maximum Gasteiger partial charge on any atom is 0.195 e. The van der Waals surface area contributed by atoms with E-state index < -0.39 is 5.78 Å². The topological polar surface area (TPSA) is 73.1 Å². The summed E-state index contributed by atoms with van der Waals surface area (Å²) >= 11 is 0. The molecule has 4 nitrogen and oxygen atoms in total. The molecule has 0 saturated heterocycles. The zero-order valence-corrected chi connectivity index (χ0v) is 7.06. The van der Waals surface area contributed by atoms with Crippen molar-refractivity contribution in [2.45, 2.75) is 12.8 Å². The maximum absolute atomic E-state index is 10.6. The van der Waals surface area contributed by atoms with Crippen LogP contribution in [-0.2, 0) is 16.0 Å². The van der Waals surface area contributed by atoms with Gasteiger partial charge in [-0.1, -0.05) is 0 Å². The Labute approximate surface area is 75.8 Å². The predicted octanol–water partition coefficient (Wildman–Crippen LogP) is 0.364. The van der Waals surface area contributed by atoms with Crippen molar-refractivity contribution < 1.29 is 9.59 Å². The molecule has 1 aromatic rings. The van der Waals surface area contributed by atoms with E-state index in [2.05, 4.69) is 4.98 Å². The van der Waals surface area contributed by atoms with Gasteiger partial charge in [0.2, 0.25) is 0 Å². The lowest BCUT2D eigenvalue weighted by atomic mass is 10.2. The number of anilines is 1. The molecule has 0 bridgehead atoms. The number of pyridine rings is 1. The molecule has 0 unspecified atom stereocenters. The first-order valence-corrected chi connectivity index (χ1v) is 3.91. The molecule has 0 spiro atoms. The standard InChI is InChI=1S/C9H10N2O2/c10-7-1-2-8(11-5-7)3-4-9(13)6-12/h1-2,5-6H,3-4,10H2. The zero-order valence-electron chi connectivity index (χ0n) is 7.06. The van der Waals surface area contributed by atoms with E-state index in [0.29, 0.717) is 18.4 Å². The zero-order chi connectivity index (χ0) is 9.68. The van der Waals surface area contributed by atoms with Crippen molar-refractivity contribution in [2.24, 2.45) is 0 Å². The second kappa shape index (κ2) is 4.35. The third kappa shape index (κ3) is 3.02. The van der Waals surface area contributed by atoms with Crippen LogP contribution in [0.15, 0.2) is 18.3 Å². The Morgan fingerprint density at radius 1 is 1.54 bits per heavy atom. The Morgan fingerprint density at radius 3 is 2.85 bits per heavy atom. The lowest BCUT2D eigenvalue weighted by Crippen LogP contribution is -2.02. The van der Waals surface area contributed by atoms with Crippen molar-refractivity contribution in [3.8, 4) is 0 Å². The van der Waals surface area contributed by atoms with Crippen LogP contribution in [-0.4, -0.2) is 17.1 Å². The van der Waals surface area contributed by atoms with Gasteiger partial charge in [0.15, 0.2) is 12.1 Å². The molecule has 68 valence electrons. The van der Waals surface area contributed by atoms with E-state index in [4.69, 9.17) is 5.73 Å². The van der Waals surface area contributed by atoms with Gasteiger partial charge in [-0.2, -0.15) is 0 Å². The smallest absolute Gasteiger partial charge is 0.195 e. The highest BCUT2D eigenvalue weighted by Crippen LogP contribution is 2.03. The predicted molar refractivity (Wildman–Crippen MR) is 48.0 cm³/mol. The number of rotatable bonds is 4. The molecule has 13 heavy (non-hydrogen) atoms. The average Bonchev–Trinajstić information content (AvgIpc) is 2.16. The van der Waals surface area contributed by atoms with Crippen molar-refractivity contribution in [1.82, 2.24) is 4.98 Å². The molecule has 1 heterocycles. The van der Waals surface area contributed by atoms with Crippen molar-refractivity contribution in [3.63, 3.8) is 0 Å². The first-order valence-electron chi connectivity index (χ1n) is 3.91. The van der Waals surface area contributed by atoms with Gasteiger partial charge in [0.1, 0.15) is 0 Å². The number of aryl methyl sites for hydroxylation is 1. The van der Waals surface area contributed by atoms with Gasteiger partial charge < -0.3 is 5.73 Å². The molecular weight excluding hydrogens is 168 g/mol. The van der Waals surface area contributed by atoms with Gasteiger partial charge in [0.25, 0.3) is 0 Å². The number of Topliss-reactive ketones (excluding diaryl/α,β-unsaturated/α-hetero) is 1. The highest BCUT2D eigenvalue weighted by molar-refractivity contribution is 6.24. The summed E-state index contributed by atoms with van der Waals surface area (Å²) in [7, 11) is 0. The second-order valence-electron chi connectivity index (χ2n) is 2.67. The summed E-state index contributed by atoms with van der Waals surface area (Å²) in [5.74, 6) is -0.404. The van der Waals surface area contributed by atoms with Gasteiger partial charge in [-0.15, -0.1) is 0 Å². The first-order chi connectivity index (χ1) is 6.22. The number of carbonyl (C=O) groups is 2. The number of nitrogens with two attached hydrogens (primary N) is 1. The molecule has 1 aromatic heterocycles. The Morgan fingerprint density at radius 2 is 2.31 bits per heavy atom. The van der Waals surface area contributed by atoms with Crippen LogP contribution in [0.4, 0.5) is 5.69 Å². The molecule has 0 atom stereocenters. The molecule has 0 radical (unpaired) electrons. The minimum absolute atomic E-state index is 0.209. The van der Waals surface area contributed by atoms with Crippen molar-refractivity contribution in [1.29, 1.82) is 0 Å². The normalized spacial score (nSPS) is 9.54. The number of nitrogens with zero attached hydrogens (tertiary/aromatic N) is 1. The van der Waals surface area contributed by atoms with Gasteiger partial charge in [-0.25, -0.2) is 0 Å². The van der Waals surface area contributed by atoms with Crippen molar-refractivity contribution in [3.05, 3.63) is 24.0 Å². The Hall–Kier alpha value is -1.71. The van der Waals surface area contributed by atoms with E-state index in [1.54, 1.807) is 12.1 Å². The quantitative estimate of drug-likeness (QED) is 0.533. The lowest BCUT2D eigenvalue weighted by molar-refractivity contribution is -0.129. The van der Waals surface area contributed by atoms with E-state index in [1.807, 2.05) is 0 Å². The Bertz CT molecular complexity index is 306. The largest absolute Gasteiger partial charge is 0.397 e. The summed E-state index contributed by atoms with van der Waals surface area (Å²) in [6.45, 7) is 0. The number of carbonyl (C=O) groups excluding carboxylic acids is 2. The summed E-state index contributed by atoms with van der Waals surface area (Å²) in [4.78, 5) is 24.6. The SMILES string of the molecule is Nc1ccc(CCC(=O)C=O)nc1. The Balaban J connectivity index is 2.50. The van der Waals surface area contributed by atoms with Gasteiger partial charge in [0.05, 0.1) is 11.9 Å². The van der Waals surface area contributed by atoms with Crippen LogP contribution >= 0.6 is 0 Å². The van der Waals surface area contributed by atoms with Gasteiger partial charge >= 0.3 is 0 Å². The van der Waals surface area contributed by atoms with E-state index in [0.717, 1.165) is 5.69 Å². The highest BCUT2D eigenvalue weighted by atomic mass is 16.2. The molecule has 0 fully saturated rings. The van der Waals surface area contributed by atoms with Gasteiger partial charge in [-0.3, -0.25) is 14.6 Å². The molecule has 0 aromatic carbocycles. The summed E-state index contributed by atoms with van der Waals surface area (Å²) in [5.41, 5.74) is 6.78. The van der Waals surface area contributed by atoms with Crippen LogP contribution in [0.25, 0.3) is 0 Å². The number of hydrogen-bond donors (Lipinski definition) is 1. The molecule has 1 rings (SSSR count). The molecule has 0 aliphatic heterocycles. The van der Waals surface area contributed by atoms with Crippen molar-refractivity contribution in [2.75, 3.05) is 5.73 Å². The second-order valence-corrected chi connectivity index (χ2v) is 2.67. The number of hydrogen-bond acceptors (Lipinski definition) is 4. The van der Waals surface area contributed by atoms with Crippen LogP contribution in [0.1, 0.15) is 12.1 Å². The van der Waals surface area contributed by atoms with Crippen LogP contribution in [0.3, 0.4) is 0 Å². The van der Waals surface area contributed by atoms with Crippen LogP contribution in [0.5, 0.6) is 0 Å². The molecule has 2 N–H and O–H groups in total. The average molecular weight is 178 g/mol. The molecule has 0 aliphatic carbocycles. The van der Waals surface area contributed by atoms with Crippen LogP contribution in [0.2, 0.25) is 0 Å². The summed E-state index contributed by atoms with van der Waals surface area (Å²) in [5, 5.41) is 0. The summed E-state index contributed by atoms with van der Waals surface area (Å²) < 4.78 is 0. The first kappa shape index (κ1) is 9.38. The minimum atomic E-state index is -0.404. The van der Waals surface area contributed by atoms with E-state index in [9.17, 15) is 9.59 Å². The summed E-state index contributed by atoms with van der Waals surface area (Å²) in [6, 6.07) is 3.46. The molecule has 0 saturated carbocycles. The lowest BCUT2D eigenvalue weighted by Gasteiger charge is -1.97. The number of nitrogen functional groups attached to an aromatic ring is 1. The van der Waals surface area contributed by atoms with E-state index >= 15 is 0 Å². The van der Waals surface area contributed by atoms with Crippen LogP contribution in [0, 0.1) is 0 Å². The van der Waals surface area contributed by atoms with Gasteiger partial charge in [0, 0.05) is 12.1 Å². The summed E-state index contributed by atoms with van der Waals surface area (Å²) in [6.07, 6.45) is 2.55. The molecule has 0 aliphatic rings. The fraction of sp³-hybridized carbons (Fsp3) is 0.222. The Kier molecular flexibility index (Phi) is 3.14. The molecular formula is C9H10N2O2. The third-order valence-corrected chi connectivity index (χ3v) is 1.61. The fourth-order valence-electron chi connectivity index (χ4n) is 0.894. The van der Waals surface area contributed by atoms with E-state index in [-0.39, 0.29) is 6.42 Å². The van der Waals surface area contributed by atoms with E-state index in [1.165, 1.54) is 6.20 Å². The van der Waals surface area contributed by atoms with Crippen molar-refractivity contribution >= 4 is 17.8 Å². The number of aldehydes is 1. The highest BCUT2D eigenvalue weighted by Gasteiger charge is 2.00. The van der Waals surface area contributed by atoms with Gasteiger partial charge in [-0.05, 0) is 18.6 Å².